The minimum atomic E-state index is 0.742. The van der Waals surface area contributed by atoms with E-state index < -0.39 is 0 Å². The monoisotopic (exact) mass is 381 g/mol. The fraction of sp³-hybridized carbons (Fsp3) is 0.190. The van der Waals surface area contributed by atoms with Crippen LogP contribution in [0.4, 0.5) is 0 Å². The molecule has 0 aliphatic heterocycles. The van der Waals surface area contributed by atoms with Crippen LogP contribution in [0.5, 0.6) is 0 Å². The van der Waals surface area contributed by atoms with Crippen LogP contribution in [0.1, 0.15) is 18.2 Å². The van der Waals surface area contributed by atoms with Gasteiger partial charge in [-0.3, -0.25) is 4.68 Å². The first-order chi connectivity index (χ1) is 12.6. The molecule has 0 N–H and O–H groups in total. The van der Waals surface area contributed by atoms with Crippen LogP contribution in [0.15, 0.2) is 64.6 Å². The van der Waals surface area contributed by atoms with Crippen molar-refractivity contribution < 1.29 is 0 Å². The molecule has 0 amide bonds. The van der Waals surface area contributed by atoms with E-state index >= 15 is 0 Å². The average molecular weight is 382 g/mol. The third kappa shape index (κ3) is 3.04. The lowest BCUT2D eigenvalue weighted by Gasteiger charge is -2.06. The Morgan fingerprint density at radius 2 is 1.85 bits per heavy atom. The summed E-state index contributed by atoms with van der Waals surface area (Å²) in [4.78, 5) is 2.49. The second-order valence-corrected chi connectivity index (χ2v) is 7.90. The number of aromatic nitrogens is 3. The van der Waals surface area contributed by atoms with E-state index in [4.69, 9.17) is 11.6 Å². The van der Waals surface area contributed by atoms with Gasteiger partial charge in [-0.15, -0.1) is 0 Å². The Labute approximate surface area is 162 Å². The lowest BCUT2D eigenvalue weighted by atomic mass is 10.2. The molecule has 3 nitrogen and oxygen atoms in total. The lowest BCUT2D eigenvalue weighted by Crippen LogP contribution is -1.96. The largest absolute Gasteiger partial charge is 0.310 e. The van der Waals surface area contributed by atoms with Crippen LogP contribution in [0.3, 0.4) is 0 Å². The number of halogens is 1. The molecule has 4 rings (SSSR count). The summed E-state index contributed by atoms with van der Waals surface area (Å²) in [5.74, 6) is 0. The van der Waals surface area contributed by atoms with Gasteiger partial charge in [0.2, 0.25) is 0 Å². The number of fused-ring (bicyclic) bond motifs is 1. The maximum absolute atomic E-state index is 6.31. The Morgan fingerprint density at radius 1 is 1.08 bits per heavy atom. The van der Waals surface area contributed by atoms with Crippen molar-refractivity contribution in [2.75, 3.05) is 0 Å². The minimum absolute atomic E-state index is 0.742. The highest BCUT2D eigenvalue weighted by molar-refractivity contribution is 7.99. The first-order valence-electron chi connectivity index (χ1n) is 8.64. The Hall–Kier alpha value is -2.17. The molecule has 132 valence electrons. The average Bonchev–Trinajstić information content (AvgIpc) is 3.20. The molecule has 26 heavy (non-hydrogen) atoms. The van der Waals surface area contributed by atoms with Gasteiger partial charge in [-0.2, -0.15) is 5.10 Å². The number of hydrogen-bond donors (Lipinski definition) is 0. The molecule has 0 aliphatic rings. The van der Waals surface area contributed by atoms with Gasteiger partial charge in [0.25, 0.3) is 0 Å². The van der Waals surface area contributed by atoms with Gasteiger partial charge in [-0.1, -0.05) is 47.1 Å². The SMILES string of the molecule is CCn1cc(-n2c(C)c(Sc3ccc(C)cc3)c3ccc(Cl)cc32)cn1. The Morgan fingerprint density at radius 3 is 2.54 bits per heavy atom. The number of aryl methyl sites for hydroxylation is 2. The predicted octanol–water partition coefficient (Wildman–Crippen LogP) is 6.27. The molecule has 2 aromatic carbocycles. The van der Waals surface area contributed by atoms with Crippen LogP contribution in [-0.2, 0) is 6.54 Å². The molecule has 0 atom stereocenters. The topological polar surface area (TPSA) is 22.8 Å². The molecule has 0 aliphatic carbocycles. The molecule has 0 radical (unpaired) electrons. The van der Waals surface area contributed by atoms with E-state index in [1.807, 2.05) is 23.0 Å². The maximum Gasteiger partial charge on any atom is 0.0840 e. The zero-order valence-corrected chi connectivity index (χ0v) is 16.6. The minimum Gasteiger partial charge on any atom is -0.310 e. The smallest absolute Gasteiger partial charge is 0.0840 e. The van der Waals surface area contributed by atoms with Crippen molar-refractivity contribution in [1.29, 1.82) is 0 Å². The highest BCUT2D eigenvalue weighted by atomic mass is 35.5. The van der Waals surface area contributed by atoms with Crippen molar-refractivity contribution >= 4 is 34.3 Å². The van der Waals surface area contributed by atoms with Crippen molar-refractivity contribution in [3.63, 3.8) is 0 Å². The summed E-state index contributed by atoms with van der Waals surface area (Å²) in [5.41, 5.74) is 4.64. The van der Waals surface area contributed by atoms with Crippen molar-refractivity contribution in [3.05, 3.63) is 71.1 Å². The third-order valence-corrected chi connectivity index (χ3v) is 6.01. The number of hydrogen-bond acceptors (Lipinski definition) is 2. The summed E-state index contributed by atoms with van der Waals surface area (Å²) in [6.07, 6.45) is 3.99. The molecular weight excluding hydrogens is 362 g/mol. The van der Waals surface area contributed by atoms with Crippen molar-refractivity contribution in [1.82, 2.24) is 14.3 Å². The molecule has 0 bridgehead atoms. The number of benzene rings is 2. The van der Waals surface area contributed by atoms with E-state index in [1.165, 1.54) is 26.4 Å². The number of rotatable bonds is 4. The normalized spacial score (nSPS) is 11.4. The third-order valence-electron chi connectivity index (χ3n) is 4.55. The van der Waals surface area contributed by atoms with Crippen molar-refractivity contribution in [2.45, 2.75) is 37.1 Å². The van der Waals surface area contributed by atoms with Crippen molar-refractivity contribution in [2.24, 2.45) is 0 Å². The molecule has 0 saturated heterocycles. The predicted molar refractivity (Wildman–Crippen MR) is 110 cm³/mol. The Kier molecular flexibility index (Phi) is 4.55. The zero-order chi connectivity index (χ0) is 18.3. The second-order valence-electron chi connectivity index (χ2n) is 6.38. The summed E-state index contributed by atoms with van der Waals surface area (Å²) in [7, 11) is 0. The molecule has 5 heteroatoms. The Bertz CT molecular complexity index is 1080. The van der Waals surface area contributed by atoms with Crippen LogP contribution < -0.4 is 0 Å². The van der Waals surface area contributed by atoms with Gasteiger partial charge in [0.05, 0.1) is 17.4 Å². The summed E-state index contributed by atoms with van der Waals surface area (Å²) >= 11 is 8.10. The maximum atomic E-state index is 6.31. The number of nitrogens with zero attached hydrogens (tertiary/aromatic N) is 3. The lowest BCUT2D eigenvalue weighted by molar-refractivity contribution is 0.659. The molecular formula is C21H20ClN3S. The molecule has 0 fully saturated rings. The summed E-state index contributed by atoms with van der Waals surface area (Å²) in [6, 6.07) is 14.8. The molecule has 2 heterocycles. The van der Waals surface area contributed by atoms with Gasteiger partial charge in [-0.05, 0) is 45.0 Å². The van der Waals surface area contributed by atoms with Gasteiger partial charge in [0, 0.05) is 38.6 Å². The van der Waals surface area contributed by atoms with Gasteiger partial charge in [0.15, 0.2) is 0 Å². The summed E-state index contributed by atoms with van der Waals surface area (Å²) in [5, 5.41) is 6.39. The molecule has 0 spiro atoms. The van der Waals surface area contributed by atoms with E-state index in [9.17, 15) is 0 Å². The van der Waals surface area contributed by atoms with Crippen molar-refractivity contribution in [3.8, 4) is 5.69 Å². The van der Waals surface area contributed by atoms with E-state index in [0.717, 1.165) is 22.8 Å². The molecule has 2 aromatic heterocycles. The summed E-state index contributed by atoms with van der Waals surface area (Å²) in [6.45, 7) is 7.21. The van der Waals surface area contributed by atoms with Gasteiger partial charge >= 0.3 is 0 Å². The zero-order valence-electron chi connectivity index (χ0n) is 15.0. The van der Waals surface area contributed by atoms with E-state index in [0.29, 0.717) is 0 Å². The molecule has 0 unspecified atom stereocenters. The van der Waals surface area contributed by atoms with Crippen LogP contribution in [0.25, 0.3) is 16.6 Å². The Balaban J connectivity index is 1.90. The van der Waals surface area contributed by atoms with Crippen LogP contribution in [0, 0.1) is 13.8 Å². The fourth-order valence-corrected chi connectivity index (χ4v) is 4.38. The van der Waals surface area contributed by atoms with E-state index in [-0.39, 0.29) is 0 Å². The van der Waals surface area contributed by atoms with E-state index in [1.54, 1.807) is 11.8 Å². The van der Waals surface area contributed by atoms with Gasteiger partial charge < -0.3 is 4.57 Å². The van der Waals surface area contributed by atoms with Gasteiger partial charge in [-0.25, -0.2) is 0 Å². The summed E-state index contributed by atoms with van der Waals surface area (Å²) < 4.78 is 4.19. The fourth-order valence-electron chi connectivity index (χ4n) is 3.19. The van der Waals surface area contributed by atoms with Crippen LogP contribution in [0.2, 0.25) is 5.02 Å². The first kappa shape index (κ1) is 17.3. The van der Waals surface area contributed by atoms with Gasteiger partial charge in [0.1, 0.15) is 0 Å². The van der Waals surface area contributed by atoms with Crippen LogP contribution >= 0.6 is 23.4 Å². The molecule has 0 saturated carbocycles. The van der Waals surface area contributed by atoms with Crippen LogP contribution in [-0.4, -0.2) is 14.3 Å². The highest BCUT2D eigenvalue weighted by Gasteiger charge is 2.17. The second kappa shape index (κ2) is 6.86. The standard InChI is InChI=1S/C21H20ClN3S/c1-4-24-13-17(12-23-24)25-15(3)21(19-10-7-16(22)11-20(19)25)26-18-8-5-14(2)6-9-18/h5-13H,4H2,1-3H3. The first-order valence-corrected chi connectivity index (χ1v) is 9.84. The molecule has 4 aromatic rings. The quantitative estimate of drug-likeness (QED) is 0.415. The van der Waals surface area contributed by atoms with E-state index in [2.05, 4.69) is 67.0 Å². The highest BCUT2D eigenvalue weighted by Crippen LogP contribution is 2.40.